The third kappa shape index (κ3) is 2.92. The third-order valence-electron chi connectivity index (χ3n) is 3.41. The molecular formula is C18H17NO2. The molecule has 2 N–H and O–H groups in total. The summed E-state index contributed by atoms with van der Waals surface area (Å²) >= 11 is 0. The Morgan fingerprint density at radius 1 is 0.905 bits per heavy atom. The van der Waals surface area contributed by atoms with Crippen molar-refractivity contribution in [3.05, 3.63) is 66.2 Å². The van der Waals surface area contributed by atoms with Crippen LogP contribution < -0.4 is 15.2 Å². The molecule has 3 aromatic carbocycles. The van der Waals surface area contributed by atoms with Gasteiger partial charge in [-0.3, -0.25) is 0 Å². The molecule has 3 rings (SSSR count). The Balaban J connectivity index is 1.87. The number of anilines is 1. The standard InChI is InChI=1S/C18H17NO2/c1-20-16-8-7-14-11-18(17(19)10-15(14)9-16)21-12-13-5-3-2-4-6-13/h2-11H,12,19H2,1H3. The van der Waals surface area contributed by atoms with Gasteiger partial charge in [-0.2, -0.15) is 0 Å². The molecule has 3 nitrogen and oxygen atoms in total. The maximum atomic E-state index is 6.08. The van der Waals surface area contributed by atoms with Gasteiger partial charge in [0, 0.05) is 0 Å². The van der Waals surface area contributed by atoms with E-state index in [9.17, 15) is 0 Å². The van der Waals surface area contributed by atoms with Gasteiger partial charge in [-0.05, 0) is 40.6 Å². The first-order valence-corrected chi connectivity index (χ1v) is 6.80. The smallest absolute Gasteiger partial charge is 0.143 e. The highest BCUT2D eigenvalue weighted by molar-refractivity contribution is 5.89. The fraction of sp³-hybridized carbons (Fsp3) is 0.111. The van der Waals surface area contributed by atoms with Gasteiger partial charge in [0.15, 0.2) is 0 Å². The highest BCUT2D eigenvalue weighted by atomic mass is 16.5. The van der Waals surface area contributed by atoms with Crippen LogP contribution in [0.2, 0.25) is 0 Å². The van der Waals surface area contributed by atoms with Crippen LogP contribution in [0.25, 0.3) is 10.8 Å². The largest absolute Gasteiger partial charge is 0.497 e. The number of ether oxygens (including phenoxy) is 2. The highest BCUT2D eigenvalue weighted by Crippen LogP contribution is 2.30. The first-order chi connectivity index (χ1) is 10.3. The van der Waals surface area contributed by atoms with E-state index in [0.29, 0.717) is 18.0 Å². The minimum atomic E-state index is 0.507. The molecular weight excluding hydrogens is 262 g/mol. The lowest BCUT2D eigenvalue weighted by Crippen LogP contribution is -1.98. The van der Waals surface area contributed by atoms with Gasteiger partial charge in [0.25, 0.3) is 0 Å². The number of hydrogen-bond donors (Lipinski definition) is 1. The van der Waals surface area contributed by atoms with Crippen LogP contribution in [0.1, 0.15) is 5.56 Å². The van der Waals surface area contributed by atoms with Crippen molar-refractivity contribution < 1.29 is 9.47 Å². The molecule has 0 aliphatic rings. The van der Waals surface area contributed by atoms with Crippen molar-refractivity contribution in [2.45, 2.75) is 6.61 Å². The van der Waals surface area contributed by atoms with E-state index in [-0.39, 0.29) is 0 Å². The van der Waals surface area contributed by atoms with Crippen molar-refractivity contribution in [2.24, 2.45) is 0 Å². The van der Waals surface area contributed by atoms with Crippen LogP contribution in [0, 0.1) is 0 Å². The van der Waals surface area contributed by atoms with Crippen LogP contribution >= 0.6 is 0 Å². The minimum Gasteiger partial charge on any atom is -0.497 e. The zero-order valence-corrected chi connectivity index (χ0v) is 11.9. The van der Waals surface area contributed by atoms with Gasteiger partial charge in [-0.1, -0.05) is 36.4 Å². The zero-order valence-electron chi connectivity index (χ0n) is 11.9. The van der Waals surface area contributed by atoms with E-state index in [2.05, 4.69) is 0 Å². The quantitative estimate of drug-likeness (QED) is 0.734. The molecule has 106 valence electrons. The van der Waals surface area contributed by atoms with Gasteiger partial charge in [-0.25, -0.2) is 0 Å². The van der Waals surface area contributed by atoms with Crippen LogP contribution in [0.5, 0.6) is 11.5 Å². The van der Waals surface area contributed by atoms with E-state index in [0.717, 1.165) is 22.1 Å². The van der Waals surface area contributed by atoms with Crippen molar-refractivity contribution in [1.29, 1.82) is 0 Å². The van der Waals surface area contributed by atoms with Crippen molar-refractivity contribution in [3.63, 3.8) is 0 Å². The summed E-state index contributed by atoms with van der Waals surface area (Å²) < 4.78 is 11.1. The molecule has 0 fully saturated rings. The molecule has 0 unspecified atom stereocenters. The Hall–Kier alpha value is -2.68. The molecule has 0 radical (unpaired) electrons. The van der Waals surface area contributed by atoms with Crippen LogP contribution in [-0.4, -0.2) is 7.11 Å². The summed E-state index contributed by atoms with van der Waals surface area (Å²) in [5.41, 5.74) is 7.83. The van der Waals surface area contributed by atoms with E-state index in [4.69, 9.17) is 15.2 Å². The maximum absolute atomic E-state index is 6.08. The number of hydrogen-bond acceptors (Lipinski definition) is 3. The van der Waals surface area contributed by atoms with Crippen LogP contribution in [0.4, 0.5) is 5.69 Å². The molecule has 0 aliphatic heterocycles. The maximum Gasteiger partial charge on any atom is 0.143 e. The Morgan fingerprint density at radius 2 is 1.71 bits per heavy atom. The zero-order chi connectivity index (χ0) is 14.7. The fourth-order valence-corrected chi connectivity index (χ4v) is 2.26. The minimum absolute atomic E-state index is 0.507. The number of benzene rings is 3. The van der Waals surface area contributed by atoms with E-state index in [1.54, 1.807) is 7.11 Å². The molecule has 3 heteroatoms. The second kappa shape index (κ2) is 5.75. The Labute approximate surface area is 123 Å². The van der Waals surface area contributed by atoms with Gasteiger partial charge < -0.3 is 15.2 Å². The van der Waals surface area contributed by atoms with Crippen LogP contribution in [-0.2, 0) is 6.61 Å². The van der Waals surface area contributed by atoms with E-state index in [1.807, 2.05) is 60.7 Å². The second-order valence-corrected chi connectivity index (χ2v) is 4.88. The SMILES string of the molecule is COc1ccc2cc(OCc3ccccc3)c(N)cc2c1. The lowest BCUT2D eigenvalue weighted by molar-refractivity contribution is 0.308. The summed E-state index contributed by atoms with van der Waals surface area (Å²) in [6, 6.07) is 19.8. The lowest BCUT2D eigenvalue weighted by atomic mass is 10.1. The molecule has 0 heterocycles. The summed E-state index contributed by atoms with van der Waals surface area (Å²) in [7, 11) is 1.65. The first kappa shape index (κ1) is 13.3. The number of rotatable bonds is 4. The molecule has 0 saturated carbocycles. The van der Waals surface area contributed by atoms with E-state index < -0.39 is 0 Å². The molecule has 0 aliphatic carbocycles. The average Bonchev–Trinajstić information content (AvgIpc) is 2.53. The Kier molecular flexibility index (Phi) is 3.65. The average molecular weight is 279 g/mol. The second-order valence-electron chi connectivity index (χ2n) is 4.88. The summed E-state index contributed by atoms with van der Waals surface area (Å²) in [6.45, 7) is 0.507. The summed E-state index contributed by atoms with van der Waals surface area (Å²) in [5, 5.41) is 2.12. The molecule has 0 amide bonds. The molecule has 3 aromatic rings. The molecule has 0 bridgehead atoms. The highest BCUT2D eigenvalue weighted by Gasteiger charge is 2.05. The fourth-order valence-electron chi connectivity index (χ4n) is 2.26. The first-order valence-electron chi connectivity index (χ1n) is 6.80. The molecule has 0 aromatic heterocycles. The van der Waals surface area contributed by atoms with Crippen LogP contribution in [0.15, 0.2) is 60.7 Å². The van der Waals surface area contributed by atoms with Gasteiger partial charge >= 0.3 is 0 Å². The predicted molar refractivity (Wildman–Crippen MR) is 85.7 cm³/mol. The predicted octanol–water partition coefficient (Wildman–Crippen LogP) is 4.01. The van der Waals surface area contributed by atoms with Crippen LogP contribution in [0.3, 0.4) is 0 Å². The van der Waals surface area contributed by atoms with Crippen molar-refractivity contribution >= 4 is 16.5 Å². The number of methoxy groups -OCH3 is 1. The van der Waals surface area contributed by atoms with E-state index in [1.165, 1.54) is 0 Å². The summed E-state index contributed by atoms with van der Waals surface area (Å²) in [5.74, 6) is 1.52. The Bertz CT molecular complexity index is 754. The van der Waals surface area contributed by atoms with Gasteiger partial charge in [0.05, 0.1) is 12.8 Å². The van der Waals surface area contributed by atoms with Crippen molar-refractivity contribution in [2.75, 3.05) is 12.8 Å². The third-order valence-corrected chi connectivity index (χ3v) is 3.41. The summed E-state index contributed by atoms with van der Waals surface area (Å²) in [6.07, 6.45) is 0. The van der Waals surface area contributed by atoms with Gasteiger partial charge in [0.2, 0.25) is 0 Å². The van der Waals surface area contributed by atoms with Crippen molar-refractivity contribution in [3.8, 4) is 11.5 Å². The summed E-state index contributed by atoms with van der Waals surface area (Å²) in [4.78, 5) is 0. The lowest BCUT2D eigenvalue weighted by Gasteiger charge is -2.11. The topological polar surface area (TPSA) is 44.5 Å². The molecule has 0 saturated heterocycles. The normalized spacial score (nSPS) is 10.5. The number of fused-ring (bicyclic) bond motifs is 1. The molecule has 21 heavy (non-hydrogen) atoms. The monoisotopic (exact) mass is 279 g/mol. The van der Waals surface area contributed by atoms with Gasteiger partial charge in [-0.15, -0.1) is 0 Å². The number of nitrogen functional groups attached to an aromatic ring is 1. The molecule has 0 atom stereocenters. The Morgan fingerprint density at radius 3 is 2.48 bits per heavy atom. The molecule has 0 spiro atoms. The van der Waals surface area contributed by atoms with Crippen molar-refractivity contribution in [1.82, 2.24) is 0 Å². The number of nitrogens with two attached hydrogens (primary N) is 1. The van der Waals surface area contributed by atoms with E-state index >= 15 is 0 Å². The van der Waals surface area contributed by atoms with Gasteiger partial charge in [0.1, 0.15) is 18.1 Å².